The van der Waals surface area contributed by atoms with Crippen molar-refractivity contribution in [2.45, 2.75) is 101 Å². The van der Waals surface area contributed by atoms with Crippen molar-refractivity contribution in [3.8, 4) is 0 Å². The molecule has 252 valence electrons. The average molecular weight is 649 g/mol. The fraction of sp³-hybridized carbons (Fsp3) is 0.429. The molecule has 3 aliphatic rings. The minimum Gasteiger partial charge on any atom is -0.371 e. The highest BCUT2D eigenvalue weighted by Gasteiger charge is 2.54. The van der Waals surface area contributed by atoms with E-state index in [0.717, 1.165) is 47.9 Å². The Morgan fingerprint density at radius 1 is 0.500 bits per heavy atom. The largest absolute Gasteiger partial charge is 0.371 e. The van der Waals surface area contributed by atoms with Crippen molar-refractivity contribution in [1.29, 1.82) is 0 Å². The van der Waals surface area contributed by atoms with Crippen LogP contribution < -0.4 is 0 Å². The zero-order valence-electron chi connectivity index (χ0n) is 27.7. The van der Waals surface area contributed by atoms with Gasteiger partial charge in [0, 0.05) is 18.8 Å². The molecule has 0 bridgehead atoms. The van der Waals surface area contributed by atoms with E-state index in [1.165, 1.54) is 6.42 Å². The van der Waals surface area contributed by atoms with Crippen LogP contribution in [0.2, 0.25) is 0 Å². The molecule has 0 radical (unpaired) electrons. The van der Waals surface area contributed by atoms with Gasteiger partial charge in [-0.3, -0.25) is 0 Å². The van der Waals surface area contributed by atoms with E-state index < -0.39 is 11.9 Å². The zero-order valence-corrected chi connectivity index (χ0v) is 27.7. The minimum atomic E-state index is -0.492. The highest BCUT2D eigenvalue weighted by Crippen LogP contribution is 2.44. The molecular formula is C42H48O6. The summed E-state index contributed by atoms with van der Waals surface area (Å²) >= 11 is 0. The lowest BCUT2D eigenvalue weighted by molar-refractivity contribution is -0.249. The summed E-state index contributed by atoms with van der Waals surface area (Å²) in [7, 11) is 0. The summed E-state index contributed by atoms with van der Waals surface area (Å²) in [6.45, 7) is 2.38. The van der Waals surface area contributed by atoms with Crippen molar-refractivity contribution in [2.75, 3.05) is 6.61 Å². The van der Waals surface area contributed by atoms with Crippen LogP contribution >= 0.6 is 0 Å². The van der Waals surface area contributed by atoms with Crippen molar-refractivity contribution in [1.82, 2.24) is 0 Å². The zero-order chi connectivity index (χ0) is 32.4. The van der Waals surface area contributed by atoms with Crippen LogP contribution in [0.3, 0.4) is 0 Å². The number of rotatable bonds is 13. The Morgan fingerprint density at radius 2 is 0.938 bits per heavy atom. The standard InChI is InChI=1S/C42H48O6/c1-6-16-32(17-7-1)27-43-37-26-36(38-31-47-42(48-38)24-14-5-15-25-42)39(44-28-33-18-8-2-9-19-33)41(46-30-35-22-12-4-13-23-35)40(37)45-29-34-20-10-3-11-21-34/h1-4,6-13,16-23,36-41H,5,14-15,24-31H2/t36-,37-,38+,39+,40+,41-/m0/s1. The molecule has 0 amide bonds. The molecule has 6 heteroatoms. The molecule has 48 heavy (non-hydrogen) atoms. The van der Waals surface area contributed by atoms with Crippen molar-refractivity contribution in [3.05, 3.63) is 144 Å². The average Bonchev–Trinajstić information content (AvgIpc) is 3.55. The second kappa shape index (κ2) is 16.4. The van der Waals surface area contributed by atoms with Gasteiger partial charge in [0.25, 0.3) is 0 Å². The van der Waals surface area contributed by atoms with E-state index in [0.29, 0.717) is 39.5 Å². The first-order valence-electron chi connectivity index (χ1n) is 17.7. The Bertz CT molecular complexity index is 1490. The fourth-order valence-corrected chi connectivity index (χ4v) is 7.53. The lowest BCUT2D eigenvalue weighted by atomic mass is 9.77. The Labute approximate surface area is 285 Å². The molecule has 6 nitrogen and oxygen atoms in total. The van der Waals surface area contributed by atoms with E-state index in [1.54, 1.807) is 0 Å². The summed E-state index contributed by atoms with van der Waals surface area (Å²) in [4.78, 5) is 0. The quantitative estimate of drug-likeness (QED) is 0.145. The lowest BCUT2D eigenvalue weighted by Gasteiger charge is -2.47. The molecule has 1 aliphatic heterocycles. The third-order valence-electron chi connectivity index (χ3n) is 10.1. The Hall–Kier alpha value is -3.36. The number of benzene rings is 4. The maximum Gasteiger partial charge on any atom is 0.168 e. The van der Waals surface area contributed by atoms with Crippen molar-refractivity contribution in [2.24, 2.45) is 5.92 Å². The summed E-state index contributed by atoms with van der Waals surface area (Å²) < 4.78 is 41.1. The van der Waals surface area contributed by atoms with Gasteiger partial charge in [-0.15, -0.1) is 0 Å². The molecule has 1 saturated heterocycles. The number of hydrogen-bond donors (Lipinski definition) is 0. The van der Waals surface area contributed by atoms with Crippen molar-refractivity contribution < 1.29 is 28.4 Å². The van der Waals surface area contributed by atoms with Gasteiger partial charge < -0.3 is 28.4 Å². The van der Waals surface area contributed by atoms with E-state index >= 15 is 0 Å². The summed E-state index contributed by atoms with van der Waals surface area (Å²) in [6, 6.07) is 41.4. The van der Waals surface area contributed by atoms with Gasteiger partial charge >= 0.3 is 0 Å². The number of ether oxygens (including phenoxy) is 6. The van der Waals surface area contributed by atoms with Crippen LogP contribution in [0.1, 0.15) is 60.8 Å². The molecule has 7 rings (SSSR count). The van der Waals surface area contributed by atoms with E-state index in [4.69, 9.17) is 28.4 Å². The van der Waals surface area contributed by atoms with Crippen molar-refractivity contribution >= 4 is 0 Å². The molecule has 1 heterocycles. The molecule has 2 saturated carbocycles. The van der Waals surface area contributed by atoms with Crippen LogP contribution in [-0.4, -0.2) is 42.9 Å². The third kappa shape index (κ3) is 8.43. The van der Waals surface area contributed by atoms with E-state index in [9.17, 15) is 0 Å². The Kier molecular flexibility index (Phi) is 11.3. The normalized spacial score (nSPS) is 26.8. The minimum absolute atomic E-state index is 0.0202. The molecule has 4 aromatic carbocycles. The Balaban J connectivity index is 1.22. The van der Waals surface area contributed by atoms with Gasteiger partial charge in [0.1, 0.15) is 12.2 Å². The smallest absolute Gasteiger partial charge is 0.168 e. The van der Waals surface area contributed by atoms with Crippen molar-refractivity contribution in [3.63, 3.8) is 0 Å². The van der Waals surface area contributed by atoms with Gasteiger partial charge in [-0.25, -0.2) is 0 Å². The van der Waals surface area contributed by atoms with Gasteiger partial charge in [-0.05, 0) is 41.5 Å². The van der Waals surface area contributed by atoms with Gasteiger partial charge in [-0.2, -0.15) is 0 Å². The summed E-state index contributed by atoms with van der Waals surface area (Å²) in [6.07, 6.45) is 4.61. The monoisotopic (exact) mass is 648 g/mol. The molecule has 2 aliphatic carbocycles. The molecule has 0 aromatic heterocycles. The summed E-state index contributed by atoms with van der Waals surface area (Å²) in [5, 5.41) is 0. The van der Waals surface area contributed by atoms with E-state index in [2.05, 4.69) is 72.8 Å². The summed E-state index contributed by atoms with van der Waals surface area (Å²) in [5.41, 5.74) is 4.46. The number of hydrogen-bond acceptors (Lipinski definition) is 6. The second-order valence-electron chi connectivity index (χ2n) is 13.5. The predicted molar refractivity (Wildman–Crippen MR) is 185 cm³/mol. The van der Waals surface area contributed by atoms with Gasteiger partial charge in [0.15, 0.2) is 5.79 Å². The van der Waals surface area contributed by atoms with Crippen LogP contribution in [0.5, 0.6) is 0 Å². The van der Waals surface area contributed by atoms with Crippen LogP contribution in [0.15, 0.2) is 121 Å². The van der Waals surface area contributed by atoms with Crippen LogP contribution in [-0.2, 0) is 54.8 Å². The topological polar surface area (TPSA) is 55.4 Å². The molecule has 0 unspecified atom stereocenters. The molecule has 1 spiro atoms. The SMILES string of the molecule is c1ccc(CO[C@H]2[C@H](OCc3ccccc3)[C@H]([C@H]3COC4(CCCCC4)O3)C[C@H](OCc3ccccc3)[C@H]2OCc2ccccc2)cc1. The predicted octanol–water partition coefficient (Wildman–Crippen LogP) is 8.42. The summed E-state index contributed by atoms with van der Waals surface area (Å²) in [5.74, 6) is -0.512. The third-order valence-corrected chi connectivity index (χ3v) is 10.1. The van der Waals surface area contributed by atoms with Gasteiger partial charge in [0.05, 0.1) is 51.3 Å². The van der Waals surface area contributed by atoms with Crippen LogP contribution in [0.4, 0.5) is 0 Å². The van der Waals surface area contributed by atoms with E-state index in [-0.39, 0.29) is 30.3 Å². The van der Waals surface area contributed by atoms with Crippen LogP contribution in [0, 0.1) is 5.92 Å². The second-order valence-corrected chi connectivity index (χ2v) is 13.5. The maximum absolute atomic E-state index is 6.97. The van der Waals surface area contributed by atoms with Gasteiger partial charge in [-0.1, -0.05) is 128 Å². The maximum atomic E-state index is 6.97. The van der Waals surface area contributed by atoms with Gasteiger partial charge in [0.2, 0.25) is 0 Å². The Morgan fingerprint density at radius 3 is 1.44 bits per heavy atom. The lowest BCUT2D eigenvalue weighted by Crippen LogP contribution is -2.60. The first-order chi connectivity index (χ1) is 23.7. The molecular weight excluding hydrogens is 600 g/mol. The highest BCUT2D eigenvalue weighted by molar-refractivity contribution is 5.17. The molecule has 6 atom stereocenters. The molecule has 3 fully saturated rings. The van der Waals surface area contributed by atoms with E-state index in [1.807, 2.05) is 48.5 Å². The fourth-order valence-electron chi connectivity index (χ4n) is 7.53. The first-order valence-corrected chi connectivity index (χ1v) is 17.7. The van der Waals surface area contributed by atoms with Crippen LogP contribution in [0.25, 0.3) is 0 Å². The highest BCUT2D eigenvalue weighted by atomic mass is 16.7. The molecule has 0 N–H and O–H groups in total. The first kappa shape index (κ1) is 33.2. The molecule has 4 aromatic rings.